The summed E-state index contributed by atoms with van der Waals surface area (Å²) < 4.78 is 47.2. The summed E-state index contributed by atoms with van der Waals surface area (Å²) in [5, 5.41) is 54.8. The van der Waals surface area contributed by atoms with Crippen LogP contribution < -0.4 is 5.32 Å². The quantitative estimate of drug-likeness (QED) is 0.0284. The zero-order chi connectivity index (χ0) is 38.6. The van der Waals surface area contributed by atoms with Crippen LogP contribution in [0.4, 0.5) is 0 Å². The van der Waals surface area contributed by atoms with Crippen molar-refractivity contribution in [1.29, 1.82) is 0 Å². The van der Waals surface area contributed by atoms with Crippen molar-refractivity contribution in [2.45, 2.75) is 185 Å². The predicted molar refractivity (Wildman–Crippen MR) is 201 cm³/mol. The fraction of sp³-hybridized carbons (Fsp3) is 0.816. The highest BCUT2D eigenvalue weighted by atomic mass is 32.3. The van der Waals surface area contributed by atoms with Crippen molar-refractivity contribution < 1.29 is 57.0 Å². The molecular formula is C38H69NO12S. The summed E-state index contributed by atoms with van der Waals surface area (Å²) in [7, 11) is -5.12. The van der Waals surface area contributed by atoms with Gasteiger partial charge in [0.15, 0.2) is 6.29 Å². The van der Waals surface area contributed by atoms with Crippen LogP contribution in [0.3, 0.4) is 0 Å². The highest BCUT2D eigenvalue weighted by molar-refractivity contribution is 7.80. The van der Waals surface area contributed by atoms with Crippen LogP contribution in [0.2, 0.25) is 0 Å². The van der Waals surface area contributed by atoms with E-state index in [0.717, 1.165) is 51.4 Å². The maximum atomic E-state index is 13.0. The summed E-state index contributed by atoms with van der Waals surface area (Å²) in [5.41, 5.74) is 0. The van der Waals surface area contributed by atoms with E-state index >= 15 is 0 Å². The number of allylic oxidation sites excluding steroid dienone is 5. The van der Waals surface area contributed by atoms with Crippen molar-refractivity contribution in [2.24, 2.45) is 0 Å². The number of carbonyl (C=O) groups is 1. The minimum absolute atomic E-state index is 0.221. The van der Waals surface area contributed by atoms with Gasteiger partial charge >= 0.3 is 10.4 Å². The van der Waals surface area contributed by atoms with E-state index in [9.17, 15) is 38.7 Å². The minimum atomic E-state index is -5.12. The molecule has 7 N–H and O–H groups in total. The first-order valence-electron chi connectivity index (χ1n) is 19.5. The third kappa shape index (κ3) is 22.5. The number of hydrogen-bond acceptors (Lipinski definition) is 11. The zero-order valence-corrected chi connectivity index (χ0v) is 32.3. The van der Waals surface area contributed by atoms with E-state index in [1.807, 2.05) is 0 Å². The van der Waals surface area contributed by atoms with Crippen LogP contribution in [0, 0.1) is 0 Å². The second-order valence-electron chi connectivity index (χ2n) is 13.6. The Hall–Kier alpha value is -1.72. The van der Waals surface area contributed by atoms with Gasteiger partial charge in [0.05, 0.1) is 25.4 Å². The van der Waals surface area contributed by atoms with Crippen molar-refractivity contribution in [2.75, 3.05) is 13.2 Å². The Bertz CT molecular complexity index is 1100. The first kappa shape index (κ1) is 48.3. The number of unbranched alkanes of at least 4 members (excludes halogenated alkanes) is 14. The molecule has 1 aliphatic rings. The van der Waals surface area contributed by atoms with E-state index in [2.05, 4.69) is 47.7 Å². The standard InChI is InChI=1S/C38H69NO12S/c1-3-5-7-9-11-13-15-17-18-20-22-24-26-31(41)30(29-49-38-35(44)36(51-52(46,47)48)34(43)33(28-40)50-38)39-37(45)32(42)27-25-23-21-19-16-14-12-10-8-6-4-2/h12,14,17-18,24,26,30-36,38,40-44H,3-11,13,15-16,19-23,25,27-29H2,1-2H3,(H,39,45)(H,46,47,48)/b14-12-,18-17+,26-24+. The molecule has 0 bridgehead atoms. The Balaban J connectivity index is 2.76. The van der Waals surface area contributed by atoms with Crippen LogP contribution in [0.25, 0.3) is 0 Å². The Labute approximate surface area is 312 Å². The number of hydrogen-bond donors (Lipinski definition) is 7. The van der Waals surface area contributed by atoms with Crippen LogP contribution >= 0.6 is 0 Å². The van der Waals surface area contributed by atoms with Gasteiger partial charge in [-0.1, -0.05) is 115 Å². The lowest BCUT2D eigenvalue weighted by Crippen LogP contribution is -2.61. The van der Waals surface area contributed by atoms with Gasteiger partial charge in [-0.3, -0.25) is 9.35 Å². The van der Waals surface area contributed by atoms with Gasteiger partial charge in [0.1, 0.15) is 30.5 Å². The second kappa shape index (κ2) is 29.6. The number of aliphatic hydroxyl groups is 5. The van der Waals surface area contributed by atoms with Gasteiger partial charge in [-0.25, -0.2) is 4.18 Å². The molecule has 0 aromatic heterocycles. The lowest BCUT2D eigenvalue weighted by Gasteiger charge is -2.41. The van der Waals surface area contributed by atoms with Crippen LogP contribution in [-0.2, 0) is 28.9 Å². The van der Waals surface area contributed by atoms with Gasteiger partial charge in [0.25, 0.3) is 0 Å². The van der Waals surface area contributed by atoms with Crippen LogP contribution in [0.15, 0.2) is 36.5 Å². The van der Waals surface area contributed by atoms with Crippen molar-refractivity contribution >= 4 is 16.3 Å². The van der Waals surface area contributed by atoms with Gasteiger partial charge in [0, 0.05) is 0 Å². The molecule has 1 fully saturated rings. The molecule has 8 atom stereocenters. The molecule has 1 saturated heterocycles. The molecule has 1 amide bonds. The van der Waals surface area contributed by atoms with Crippen molar-refractivity contribution in [3.05, 3.63) is 36.5 Å². The SMILES string of the molecule is CCCCC/C=C\CCCCCCC(O)C(=O)NC(COC1OC(CO)C(O)C(OS(=O)(=O)O)C1O)C(O)/C=C/CC/C=C/CCCCCCCC. The molecule has 0 aliphatic carbocycles. The molecule has 1 aliphatic heterocycles. The second-order valence-corrected chi connectivity index (χ2v) is 14.7. The molecule has 0 radical (unpaired) electrons. The fourth-order valence-electron chi connectivity index (χ4n) is 5.82. The summed E-state index contributed by atoms with van der Waals surface area (Å²) in [6.07, 6.45) is 19.7. The first-order chi connectivity index (χ1) is 24.9. The van der Waals surface area contributed by atoms with Crippen LogP contribution in [-0.4, -0.2) is 107 Å². The highest BCUT2D eigenvalue weighted by Crippen LogP contribution is 2.26. The molecule has 0 aromatic rings. The zero-order valence-electron chi connectivity index (χ0n) is 31.5. The number of carbonyl (C=O) groups excluding carboxylic acids is 1. The molecule has 0 saturated carbocycles. The molecule has 14 heteroatoms. The van der Waals surface area contributed by atoms with E-state index in [1.165, 1.54) is 57.4 Å². The summed E-state index contributed by atoms with van der Waals surface area (Å²) in [5.74, 6) is -0.727. The minimum Gasteiger partial charge on any atom is -0.394 e. The van der Waals surface area contributed by atoms with Crippen molar-refractivity contribution in [3.63, 3.8) is 0 Å². The number of nitrogens with one attached hydrogen (secondary N) is 1. The third-order valence-electron chi connectivity index (χ3n) is 9.00. The van der Waals surface area contributed by atoms with E-state index < -0.39 is 78.5 Å². The monoisotopic (exact) mass is 763 g/mol. The average Bonchev–Trinajstić information content (AvgIpc) is 3.11. The number of aliphatic hydroxyl groups excluding tert-OH is 5. The first-order valence-corrected chi connectivity index (χ1v) is 20.8. The molecular weight excluding hydrogens is 694 g/mol. The maximum absolute atomic E-state index is 13.0. The summed E-state index contributed by atoms with van der Waals surface area (Å²) >= 11 is 0. The van der Waals surface area contributed by atoms with Gasteiger partial charge in [-0.2, -0.15) is 8.42 Å². The normalized spacial score (nSPS) is 23.1. The lowest BCUT2D eigenvalue weighted by molar-refractivity contribution is -0.298. The molecule has 52 heavy (non-hydrogen) atoms. The van der Waals surface area contributed by atoms with Crippen molar-refractivity contribution in [1.82, 2.24) is 5.32 Å². The van der Waals surface area contributed by atoms with E-state index in [0.29, 0.717) is 12.8 Å². The molecule has 0 spiro atoms. The maximum Gasteiger partial charge on any atom is 0.397 e. The molecule has 1 rings (SSSR count). The average molecular weight is 764 g/mol. The number of amides is 1. The molecule has 8 unspecified atom stereocenters. The highest BCUT2D eigenvalue weighted by Gasteiger charge is 2.48. The summed E-state index contributed by atoms with van der Waals surface area (Å²) in [6.45, 7) is 3.09. The third-order valence-corrected chi connectivity index (χ3v) is 9.47. The Morgan fingerprint density at radius 2 is 1.29 bits per heavy atom. The van der Waals surface area contributed by atoms with Gasteiger partial charge < -0.3 is 40.3 Å². The fourth-order valence-corrected chi connectivity index (χ4v) is 6.33. The predicted octanol–water partition coefficient (Wildman–Crippen LogP) is 4.96. The lowest BCUT2D eigenvalue weighted by atomic mass is 9.99. The van der Waals surface area contributed by atoms with Crippen LogP contribution in [0.5, 0.6) is 0 Å². The number of rotatable bonds is 31. The molecule has 0 aromatic carbocycles. The largest absolute Gasteiger partial charge is 0.397 e. The van der Waals surface area contributed by atoms with Crippen molar-refractivity contribution in [3.8, 4) is 0 Å². The molecule has 304 valence electrons. The number of ether oxygens (including phenoxy) is 2. The molecule has 1 heterocycles. The van der Waals surface area contributed by atoms with Gasteiger partial charge in [-0.05, 0) is 57.8 Å². The van der Waals surface area contributed by atoms with E-state index in [-0.39, 0.29) is 6.42 Å². The van der Waals surface area contributed by atoms with Gasteiger partial charge in [-0.15, -0.1) is 0 Å². The smallest absolute Gasteiger partial charge is 0.394 e. The van der Waals surface area contributed by atoms with Crippen LogP contribution in [0.1, 0.15) is 136 Å². The Morgan fingerprint density at radius 1 is 0.769 bits per heavy atom. The Morgan fingerprint density at radius 3 is 1.88 bits per heavy atom. The van der Waals surface area contributed by atoms with Gasteiger partial charge in [0.2, 0.25) is 5.91 Å². The van der Waals surface area contributed by atoms with E-state index in [4.69, 9.17) is 14.0 Å². The van der Waals surface area contributed by atoms with E-state index in [1.54, 1.807) is 6.08 Å². The summed E-state index contributed by atoms with van der Waals surface area (Å²) in [4.78, 5) is 13.0. The summed E-state index contributed by atoms with van der Waals surface area (Å²) in [6, 6.07) is -1.14. The molecule has 13 nitrogen and oxygen atoms in total. The Kier molecular flexibility index (Phi) is 27.5. The topological polar surface area (TPSA) is 212 Å².